The Balaban J connectivity index is 1.75. The third kappa shape index (κ3) is 5.87. The lowest BCUT2D eigenvalue weighted by molar-refractivity contribution is -0.132. The summed E-state index contributed by atoms with van der Waals surface area (Å²) in [5.74, 6) is 0.148. The predicted molar refractivity (Wildman–Crippen MR) is 124 cm³/mol. The number of methoxy groups -OCH3 is 1. The lowest BCUT2D eigenvalue weighted by Gasteiger charge is -2.25. The van der Waals surface area contributed by atoms with E-state index in [0.717, 1.165) is 25.9 Å². The number of carbonyl (C=O) groups excluding carboxylic acids is 3. The van der Waals surface area contributed by atoms with E-state index < -0.39 is 6.04 Å². The number of amides is 3. The quantitative estimate of drug-likeness (QED) is 0.659. The van der Waals surface area contributed by atoms with E-state index in [4.69, 9.17) is 4.74 Å². The van der Waals surface area contributed by atoms with Crippen molar-refractivity contribution >= 4 is 23.4 Å². The number of likely N-dealkylation sites (tertiary alicyclic amines) is 1. The Morgan fingerprint density at radius 3 is 2.25 bits per heavy atom. The molecule has 32 heavy (non-hydrogen) atoms. The number of nitrogens with zero attached hydrogens (tertiary/aromatic N) is 1. The molecule has 7 nitrogen and oxygen atoms in total. The number of benzene rings is 2. The summed E-state index contributed by atoms with van der Waals surface area (Å²) in [6.07, 6.45) is 2.55. The number of hydrogen-bond acceptors (Lipinski definition) is 4. The second-order valence-electron chi connectivity index (χ2n) is 8.42. The highest BCUT2D eigenvalue weighted by atomic mass is 16.5. The molecule has 3 amide bonds. The van der Waals surface area contributed by atoms with E-state index in [9.17, 15) is 14.4 Å². The standard InChI is InChI=1S/C25H31N3O4/c1-17(2)16-22(25(31)28-14-6-7-15-28)27-24(30)20-8-4-5-9-21(20)26-23(29)18-10-12-19(32-3)13-11-18/h4-5,8-13,17,22H,6-7,14-16H2,1-3H3,(H,26,29)(H,27,30)/t22-/m0/s1. The summed E-state index contributed by atoms with van der Waals surface area (Å²) in [7, 11) is 1.56. The van der Waals surface area contributed by atoms with E-state index in [0.29, 0.717) is 29.0 Å². The van der Waals surface area contributed by atoms with E-state index >= 15 is 0 Å². The molecule has 1 aliphatic rings. The zero-order valence-corrected chi connectivity index (χ0v) is 18.9. The summed E-state index contributed by atoms with van der Waals surface area (Å²) in [4.78, 5) is 40.6. The molecule has 2 aromatic rings. The molecule has 170 valence electrons. The van der Waals surface area contributed by atoms with E-state index in [1.807, 2.05) is 18.7 Å². The van der Waals surface area contributed by atoms with Crippen LogP contribution in [0.2, 0.25) is 0 Å². The summed E-state index contributed by atoms with van der Waals surface area (Å²) in [5.41, 5.74) is 1.16. The van der Waals surface area contributed by atoms with Crippen molar-refractivity contribution < 1.29 is 19.1 Å². The summed E-state index contributed by atoms with van der Waals surface area (Å²) in [5, 5.41) is 5.72. The van der Waals surface area contributed by atoms with Gasteiger partial charge in [0.05, 0.1) is 18.4 Å². The van der Waals surface area contributed by atoms with Crippen LogP contribution in [0.25, 0.3) is 0 Å². The maximum atomic E-state index is 13.1. The normalized spacial score (nSPS) is 14.2. The smallest absolute Gasteiger partial charge is 0.255 e. The first-order valence-electron chi connectivity index (χ1n) is 11.0. The number of nitrogens with one attached hydrogen (secondary N) is 2. The van der Waals surface area contributed by atoms with Crippen LogP contribution in [0.3, 0.4) is 0 Å². The minimum absolute atomic E-state index is 0.0377. The molecule has 1 heterocycles. The van der Waals surface area contributed by atoms with Gasteiger partial charge in [-0.25, -0.2) is 0 Å². The first-order valence-corrected chi connectivity index (χ1v) is 11.0. The molecular weight excluding hydrogens is 406 g/mol. The summed E-state index contributed by atoms with van der Waals surface area (Å²) in [6, 6.07) is 12.9. The van der Waals surface area contributed by atoms with Gasteiger partial charge in [-0.15, -0.1) is 0 Å². The summed E-state index contributed by atoms with van der Waals surface area (Å²) >= 11 is 0. The Kier molecular flexibility index (Phi) is 7.87. The van der Waals surface area contributed by atoms with Gasteiger partial charge in [-0.3, -0.25) is 14.4 Å². The van der Waals surface area contributed by atoms with Crippen molar-refractivity contribution in [3.05, 3.63) is 59.7 Å². The second kappa shape index (κ2) is 10.8. The minimum Gasteiger partial charge on any atom is -0.497 e. The molecule has 0 spiro atoms. The highest BCUT2D eigenvalue weighted by Gasteiger charge is 2.29. The molecule has 1 aliphatic heterocycles. The molecule has 0 aromatic heterocycles. The van der Waals surface area contributed by atoms with Gasteiger partial charge in [0.1, 0.15) is 11.8 Å². The first kappa shape index (κ1) is 23.3. The monoisotopic (exact) mass is 437 g/mol. The first-order chi connectivity index (χ1) is 15.4. The van der Waals surface area contributed by atoms with Crippen molar-refractivity contribution in [3.63, 3.8) is 0 Å². The Hall–Kier alpha value is -3.35. The number of rotatable bonds is 8. The van der Waals surface area contributed by atoms with E-state index in [1.54, 1.807) is 55.6 Å². The lowest BCUT2D eigenvalue weighted by Crippen LogP contribution is -2.48. The molecule has 7 heteroatoms. The average Bonchev–Trinajstić information content (AvgIpc) is 3.33. The van der Waals surface area contributed by atoms with E-state index in [2.05, 4.69) is 10.6 Å². The van der Waals surface area contributed by atoms with Gasteiger partial charge in [0.25, 0.3) is 11.8 Å². The molecule has 0 bridgehead atoms. The number of para-hydroxylation sites is 1. The van der Waals surface area contributed by atoms with Gasteiger partial charge in [0.2, 0.25) is 5.91 Å². The molecule has 0 radical (unpaired) electrons. The van der Waals surface area contributed by atoms with Crippen molar-refractivity contribution in [1.29, 1.82) is 0 Å². The molecular formula is C25H31N3O4. The SMILES string of the molecule is COc1ccc(C(=O)Nc2ccccc2C(=O)N[C@@H](CC(C)C)C(=O)N2CCCC2)cc1. The van der Waals surface area contributed by atoms with Gasteiger partial charge in [-0.2, -0.15) is 0 Å². The predicted octanol–water partition coefficient (Wildman–Crippen LogP) is 3.71. The summed E-state index contributed by atoms with van der Waals surface area (Å²) < 4.78 is 5.12. The molecule has 0 saturated carbocycles. The van der Waals surface area contributed by atoms with E-state index in [1.165, 1.54) is 0 Å². The van der Waals surface area contributed by atoms with Crippen LogP contribution in [0.15, 0.2) is 48.5 Å². The molecule has 1 saturated heterocycles. The third-order valence-corrected chi connectivity index (χ3v) is 5.50. The van der Waals surface area contributed by atoms with Crippen LogP contribution < -0.4 is 15.4 Å². The van der Waals surface area contributed by atoms with Gasteiger partial charge in [-0.1, -0.05) is 26.0 Å². The van der Waals surface area contributed by atoms with Crippen LogP contribution in [-0.4, -0.2) is 48.9 Å². The van der Waals surface area contributed by atoms with Crippen molar-refractivity contribution in [1.82, 2.24) is 10.2 Å². The van der Waals surface area contributed by atoms with Gasteiger partial charge in [0, 0.05) is 18.7 Å². The zero-order valence-electron chi connectivity index (χ0n) is 18.9. The maximum Gasteiger partial charge on any atom is 0.255 e. The number of carbonyl (C=O) groups is 3. The van der Waals surface area contributed by atoms with Crippen molar-refractivity contribution in [2.24, 2.45) is 5.92 Å². The highest BCUT2D eigenvalue weighted by Crippen LogP contribution is 2.19. The van der Waals surface area contributed by atoms with Crippen LogP contribution in [0.5, 0.6) is 5.75 Å². The van der Waals surface area contributed by atoms with E-state index in [-0.39, 0.29) is 23.6 Å². The number of hydrogen-bond donors (Lipinski definition) is 2. The summed E-state index contributed by atoms with van der Waals surface area (Å²) in [6.45, 7) is 5.52. The maximum absolute atomic E-state index is 13.1. The van der Waals surface area contributed by atoms with Gasteiger partial charge < -0.3 is 20.3 Å². The van der Waals surface area contributed by atoms with Crippen LogP contribution >= 0.6 is 0 Å². The molecule has 1 fully saturated rings. The Labute approximate surface area is 189 Å². The molecule has 2 N–H and O–H groups in total. The molecule has 0 unspecified atom stereocenters. The van der Waals surface area contributed by atoms with Crippen LogP contribution in [0, 0.1) is 5.92 Å². The van der Waals surface area contributed by atoms with Crippen LogP contribution in [-0.2, 0) is 4.79 Å². The average molecular weight is 438 g/mol. The fraction of sp³-hybridized carbons (Fsp3) is 0.400. The molecule has 1 atom stereocenters. The van der Waals surface area contributed by atoms with Crippen molar-refractivity contribution in [3.8, 4) is 5.75 Å². The molecule has 0 aliphatic carbocycles. The van der Waals surface area contributed by atoms with Gasteiger partial charge in [0.15, 0.2) is 0 Å². The topological polar surface area (TPSA) is 87.7 Å². The number of ether oxygens (including phenoxy) is 1. The minimum atomic E-state index is -0.592. The Morgan fingerprint density at radius 1 is 0.969 bits per heavy atom. The highest BCUT2D eigenvalue weighted by molar-refractivity contribution is 6.09. The lowest BCUT2D eigenvalue weighted by atomic mass is 10.0. The van der Waals surface area contributed by atoms with Crippen LogP contribution in [0.1, 0.15) is 53.8 Å². The van der Waals surface area contributed by atoms with Crippen molar-refractivity contribution in [2.75, 3.05) is 25.5 Å². The largest absolute Gasteiger partial charge is 0.497 e. The van der Waals surface area contributed by atoms with Crippen molar-refractivity contribution in [2.45, 2.75) is 39.2 Å². The molecule has 3 rings (SSSR count). The Bertz CT molecular complexity index is 950. The number of anilines is 1. The molecule has 2 aromatic carbocycles. The van der Waals surface area contributed by atoms with Gasteiger partial charge >= 0.3 is 0 Å². The zero-order chi connectivity index (χ0) is 23.1. The fourth-order valence-electron chi connectivity index (χ4n) is 3.81. The fourth-order valence-corrected chi connectivity index (χ4v) is 3.81. The third-order valence-electron chi connectivity index (χ3n) is 5.50. The Morgan fingerprint density at radius 2 is 1.62 bits per heavy atom. The van der Waals surface area contributed by atoms with Gasteiger partial charge in [-0.05, 0) is 61.6 Å². The van der Waals surface area contributed by atoms with Crippen LogP contribution in [0.4, 0.5) is 5.69 Å². The second-order valence-corrected chi connectivity index (χ2v) is 8.42.